The molecule has 18 heavy (non-hydrogen) atoms. The van der Waals surface area contributed by atoms with Gasteiger partial charge in [-0.3, -0.25) is 10.4 Å². The minimum absolute atomic E-state index is 0.0306. The van der Waals surface area contributed by atoms with Crippen molar-refractivity contribution in [3.63, 3.8) is 0 Å². The Morgan fingerprint density at radius 3 is 2.78 bits per heavy atom. The molecule has 2 aromatic rings. The first-order valence-corrected chi connectivity index (χ1v) is 6.04. The average molecular weight is 243 g/mol. The van der Waals surface area contributed by atoms with Gasteiger partial charge in [0, 0.05) is 17.5 Å². The van der Waals surface area contributed by atoms with Crippen LogP contribution in [0.5, 0.6) is 0 Å². The third-order valence-electron chi connectivity index (χ3n) is 2.88. The molecule has 2 heterocycles. The van der Waals surface area contributed by atoms with Gasteiger partial charge in [0.1, 0.15) is 5.84 Å². The summed E-state index contributed by atoms with van der Waals surface area (Å²) < 4.78 is 1.84. The van der Waals surface area contributed by atoms with Crippen molar-refractivity contribution in [1.29, 1.82) is 5.41 Å². The van der Waals surface area contributed by atoms with Gasteiger partial charge in [-0.25, -0.2) is 4.68 Å². The maximum Gasteiger partial charge on any atom is 0.125 e. The van der Waals surface area contributed by atoms with Crippen LogP contribution in [0, 0.1) is 5.41 Å². The van der Waals surface area contributed by atoms with Gasteiger partial charge in [-0.2, -0.15) is 5.10 Å². The number of nitrogens with zero attached hydrogens (tertiary/aromatic N) is 3. The third kappa shape index (κ3) is 2.11. The monoisotopic (exact) mass is 243 g/mol. The zero-order valence-electron chi connectivity index (χ0n) is 10.6. The molecule has 0 radical (unpaired) electrons. The van der Waals surface area contributed by atoms with Crippen molar-refractivity contribution < 1.29 is 0 Å². The number of nitrogens with two attached hydrogens (primary N) is 1. The van der Waals surface area contributed by atoms with Gasteiger partial charge in [0.25, 0.3) is 0 Å². The lowest BCUT2D eigenvalue weighted by Crippen LogP contribution is -2.16. The van der Waals surface area contributed by atoms with Crippen LogP contribution in [0.1, 0.15) is 30.8 Å². The van der Waals surface area contributed by atoms with E-state index in [4.69, 9.17) is 11.1 Å². The third-order valence-corrected chi connectivity index (χ3v) is 2.88. The van der Waals surface area contributed by atoms with E-state index in [0.29, 0.717) is 5.56 Å². The average Bonchev–Trinajstić information content (AvgIpc) is 2.81. The van der Waals surface area contributed by atoms with Gasteiger partial charge < -0.3 is 5.73 Å². The molecule has 5 heteroatoms. The molecular weight excluding hydrogens is 226 g/mol. The first-order chi connectivity index (χ1) is 8.67. The molecule has 0 bridgehead atoms. The molecule has 3 N–H and O–H groups in total. The van der Waals surface area contributed by atoms with E-state index in [1.807, 2.05) is 4.68 Å². The van der Waals surface area contributed by atoms with Crippen LogP contribution >= 0.6 is 0 Å². The summed E-state index contributed by atoms with van der Waals surface area (Å²) in [7, 11) is 0. The summed E-state index contributed by atoms with van der Waals surface area (Å²) in [5.41, 5.74) is 9.15. The van der Waals surface area contributed by atoms with E-state index < -0.39 is 0 Å². The molecule has 0 aliphatic carbocycles. The van der Waals surface area contributed by atoms with E-state index in [1.165, 1.54) is 0 Å². The van der Waals surface area contributed by atoms with Gasteiger partial charge in [-0.05, 0) is 25.0 Å². The molecule has 94 valence electrons. The zero-order valence-corrected chi connectivity index (χ0v) is 10.6. The largest absolute Gasteiger partial charge is 0.384 e. The number of hydrogen-bond acceptors (Lipinski definition) is 3. The van der Waals surface area contributed by atoms with E-state index in [0.717, 1.165) is 29.9 Å². The number of rotatable bonds is 4. The number of aryl methyl sites for hydroxylation is 2. The first kappa shape index (κ1) is 12.3. The second-order valence-corrected chi connectivity index (χ2v) is 4.05. The van der Waals surface area contributed by atoms with Gasteiger partial charge in [-0.15, -0.1) is 0 Å². The van der Waals surface area contributed by atoms with Crippen LogP contribution in [-0.4, -0.2) is 20.6 Å². The predicted octanol–water partition coefficient (Wildman–Crippen LogP) is 1.68. The summed E-state index contributed by atoms with van der Waals surface area (Å²) in [5.74, 6) is 0.0306. The fourth-order valence-electron chi connectivity index (χ4n) is 1.89. The Hall–Kier alpha value is -2.17. The van der Waals surface area contributed by atoms with Crippen LogP contribution in [0.2, 0.25) is 0 Å². The van der Waals surface area contributed by atoms with Crippen LogP contribution in [0.4, 0.5) is 0 Å². The van der Waals surface area contributed by atoms with Crippen LogP contribution in [-0.2, 0) is 12.8 Å². The second kappa shape index (κ2) is 5.00. The van der Waals surface area contributed by atoms with Crippen LogP contribution in [0.25, 0.3) is 5.69 Å². The maximum atomic E-state index is 7.61. The van der Waals surface area contributed by atoms with E-state index in [-0.39, 0.29) is 5.84 Å². The first-order valence-electron chi connectivity index (χ1n) is 6.04. The van der Waals surface area contributed by atoms with Crippen molar-refractivity contribution in [3.05, 3.63) is 41.5 Å². The molecular formula is C13H17N5. The normalized spacial score (nSPS) is 10.6. The minimum atomic E-state index is 0.0306. The summed E-state index contributed by atoms with van der Waals surface area (Å²) in [4.78, 5) is 4.10. The number of nitrogen functional groups attached to an aromatic ring is 1. The van der Waals surface area contributed by atoms with Gasteiger partial charge >= 0.3 is 0 Å². The lowest BCUT2D eigenvalue weighted by atomic mass is 10.2. The Kier molecular flexibility index (Phi) is 3.41. The van der Waals surface area contributed by atoms with Crippen LogP contribution in [0.15, 0.2) is 24.5 Å². The minimum Gasteiger partial charge on any atom is -0.384 e. The Morgan fingerprint density at radius 1 is 1.39 bits per heavy atom. The predicted molar refractivity (Wildman–Crippen MR) is 71.1 cm³/mol. The number of pyridine rings is 1. The van der Waals surface area contributed by atoms with Gasteiger partial charge in [0.2, 0.25) is 0 Å². The summed E-state index contributed by atoms with van der Waals surface area (Å²) >= 11 is 0. The molecule has 0 aromatic carbocycles. The van der Waals surface area contributed by atoms with Crippen molar-refractivity contribution in [2.24, 2.45) is 5.73 Å². The molecule has 0 saturated carbocycles. The van der Waals surface area contributed by atoms with E-state index in [9.17, 15) is 0 Å². The second-order valence-electron chi connectivity index (χ2n) is 4.05. The summed E-state index contributed by atoms with van der Waals surface area (Å²) in [6.07, 6.45) is 5.09. The number of aromatic nitrogens is 3. The quantitative estimate of drug-likeness (QED) is 0.633. The zero-order chi connectivity index (χ0) is 13.1. The standard InChI is InChI=1S/C13H17N5/c1-3-9-7-10(4-2)18(17-9)12-8-16-6-5-11(12)13(14)15/h5-8H,3-4H2,1-2H3,(H3,14,15). The Labute approximate surface area is 106 Å². The molecule has 0 atom stereocenters. The van der Waals surface area contributed by atoms with Crippen molar-refractivity contribution in [3.8, 4) is 5.69 Å². The fourth-order valence-corrected chi connectivity index (χ4v) is 1.89. The van der Waals surface area contributed by atoms with Crippen molar-refractivity contribution >= 4 is 5.84 Å². The molecule has 0 aliphatic heterocycles. The molecule has 0 amide bonds. The van der Waals surface area contributed by atoms with E-state index in [2.05, 4.69) is 30.0 Å². The fraction of sp³-hybridized carbons (Fsp3) is 0.308. The lowest BCUT2D eigenvalue weighted by Gasteiger charge is -2.10. The molecule has 0 fully saturated rings. The van der Waals surface area contributed by atoms with Crippen molar-refractivity contribution in [1.82, 2.24) is 14.8 Å². The number of nitrogens with one attached hydrogen (secondary N) is 1. The molecule has 2 aromatic heterocycles. The highest BCUT2D eigenvalue weighted by atomic mass is 15.3. The number of amidine groups is 1. The highest BCUT2D eigenvalue weighted by molar-refractivity contribution is 5.98. The van der Waals surface area contributed by atoms with E-state index in [1.54, 1.807) is 18.5 Å². The SMILES string of the molecule is CCc1cc(CC)n(-c2cnccc2C(=N)N)n1. The molecule has 2 rings (SSSR count). The van der Waals surface area contributed by atoms with Crippen molar-refractivity contribution in [2.75, 3.05) is 0 Å². The topological polar surface area (TPSA) is 80.6 Å². The Bertz CT molecular complexity index is 571. The smallest absolute Gasteiger partial charge is 0.125 e. The number of hydrogen-bond donors (Lipinski definition) is 2. The molecule has 5 nitrogen and oxygen atoms in total. The highest BCUT2D eigenvalue weighted by Crippen LogP contribution is 2.16. The molecule has 0 saturated heterocycles. The maximum absolute atomic E-state index is 7.61. The molecule has 0 spiro atoms. The Balaban J connectivity index is 2.61. The van der Waals surface area contributed by atoms with Crippen LogP contribution < -0.4 is 5.73 Å². The Morgan fingerprint density at radius 2 is 2.17 bits per heavy atom. The highest BCUT2D eigenvalue weighted by Gasteiger charge is 2.12. The van der Waals surface area contributed by atoms with Crippen molar-refractivity contribution in [2.45, 2.75) is 26.7 Å². The van der Waals surface area contributed by atoms with Crippen LogP contribution in [0.3, 0.4) is 0 Å². The summed E-state index contributed by atoms with van der Waals surface area (Å²) in [6, 6.07) is 3.82. The van der Waals surface area contributed by atoms with Gasteiger partial charge in [-0.1, -0.05) is 13.8 Å². The molecule has 0 aliphatic rings. The summed E-state index contributed by atoms with van der Waals surface area (Å²) in [5, 5.41) is 12.2. The lowest BCUT2D eigenvalue weighted by molar-refractivity contribution is 0.789. The van der Waals surface area contributed by atoms with E-state index >= 15 is 0 Å². The summed E-state index contributed by atoms with van der Waals surface area (Å²) in [6.45, 7) is 4.15. The molecule has 0 unspecified atom stereocenters. The van der Waals surface area contributed by atoms with Gasteiger partial charge in [0.05, 0.1) is 17.6 Å². The van der Waals surface area contributed by atoms with Gasteiger partial charge in [0.15, 0.2) is 0 Å².